The molecule has 0 radical (unpaired) electrons. The molecule has 0 fully saturated rings. The zero-order valence-corrected chi connectivity index (χ0v) is 15.4. The number of carbonyl (C=O) groups is 1. The standard InChI is InChI=1S/C18H30N2O2.ClH/c1-4-20(18(21)12-7-5-6-8-13-19)15(2)16-10-9-11-17(14-16)22-3;/h9-11,14-15H,4-8,12-13,19H2,1-3H3;1H. The summed E-state index contributed by atoms with van der Waals surface area (Å²) in [6, 6.07) is 8.00. The number of benzene rings is 1. The predicted molar refractivity (Wildman–Crippen MR) is 98.2 cm³/mol. The number of nitrogens with zero attached hydrogens (tertiary/aromatic N) is 1. The Hall–Kier alpha value is -1.26. The van der Waals surface area contributed by atoms with E-state index in [9.17, 15) is 4.79 Å². The molecule has 0 heterocycles. The zero-order chi connectivity index (χ0) is 16.4. The van der Waals surface area contributed by atoms with Gasteiger partial charge in [0.2, 0.25) is 5.91 Å². The van der Waals surface area contributed by atoms with Crippen molar-refractivity contribution in [3.63, 3.8) is 0 Å². The van der Waals surface area contributed by atoms with Crippen molar-refractivity contribution in [2.45, 2.75) is 52.0 Å². The van der Waals surface area contributed by atoms with Gasteiger partial charge in [0.15, 0.2) is 0 Å². The van der Waals surface area contributed by atoms with E-state index in [2.05, 4.69) is 6.92 Å². The van der Waals surface area contributed by atoms with Crippen LogP contribution in [0, 0.1) is 0 Å². The summed E-state index contributed by atoms with van der Waals surface area (Å²) < 4.78 is 5.27. The third-order valence-corrected chi connectivity index (χ3v) is 4.05. The van der Waals surface area contributed by atoms with Crippen molar-refractivity contribution in [1.29, 1.82) is 0 Å². The number of hydrogen-bond donors (Lipinski definition) is 1. The van der Waals surface area contributed by atoms with Crippen LogP contribution in [-0.4, -0.2) is 31.0 Å². The summed E-state index contributed by atoms with van der Waals surface area (Å²) in [7, 11) is 1.66. The number of amides is 1. The number of halogens is 1. The van der Waals surface area contributed by atoms with Gasteiger partial charge in [-0.25, -0.2) is 0 Å². The largest absolute Gasteiger partial charge is 0.497 e. The number of hydrogen-bond acceptors (Lipinski definition) is 3. The minimum atomic E-state index is 0. The number of rotatable bonds is 10. The second-order valence-corrected chi connectivity index (χ2v) is 5.59. The molecule has 0 saturated heterocycles. The lowest BCUT2D eigenvalue weighted by atomic mass is 10.1. The first-order valence-corrected chi connectivity index (χ1v) is 8.27. The van der Waals surface area contributed by atoms with E-state index >= 15 is 0 Å². The summed E-state index contributed by atoms with van der Waals surface area (Å²) in [4.78, 5) is 14.4. The minimum absolute atomic E-state index is 0. The number of nitrogens with two attached hydrogens (primary N) is 1. The van der Waals surface area contributed by atoms with Gasteiger partial charge in [0, 0.05) is 13.0 Å². The molecule has 0 spiro atoms. The van der Waals surface area contributed by atoms with Crippen molar-refractivity contribution in [2.75, 3.05) is 20.2 Å². The second kappa shape index (κ2) is 12.2. The van der Waals surface area contributed by atoms with Crippen molar-refractivity contribution < 1.29 is 9.53 Å². The fraction of sp³-hybridized carbons (Fsp3) is 0.611. The summed E-state index contributed by atoms with van der Waals surface area (Å²) in [5, 5.41) is 0. The van der Waals surface area contributed by atoms with Crippen LogP contribution in [0.15, 0.2) is 24.3 Å². The van der Waals surface area contributed by atoms with Crippen LogP contribution < -0.4 is 10.5 Å². The van der Waals surface area contributed by atoms with Crippen LogP contribution in [0.5, 0.6) is 5.75 Å². The Bertz CT molecular complexity index is 454. The molecule has 0 saturated carbocycles. The summed E-state index contributed by atoms with van der Waals surface area (Å²) >= 11 is 0. The molecule has 4 nitrogen and oxygen atoms in total. The van der Waals surface area contributed by atoms with Crippen LogP contribution >= 0.6 is 12.4 Å². The number of methoxy groups -OCH3 is 1. The zero-order valence-electron chi connectivity index (χ0n) is 14.6. The Labute approximate surface area is 146 Å². The molecule has 1 aromatic carbocycles. The molecule has 1 rings (SSSR count). The highest BCUT2D eigenvalue weighted by molar-refractivity contribution is 5.85. The molecule has 1 amide bonds. The Morgan fingerprint density at radius 3 is 2.57 bits per heavy atom. The van der Waals surface area contributed by atoms with Crippen LogP contribution in [0.1, 0.15) is 57.6 Å². The maximum Gasteiger partial charge on any atom is 0.223 e. The van der Waals surface area contributed by atoms with Gasteiger partial charge in [-0.15, -0.1) is 12.4 Å². The SMILES string of the molecule is CCN(C(=O)CCCCCCN)C(C)c1cccc(OC)c1.Cl. The third-order valence-electron chi connectivity index (χ3n) is 4.05. The van der Waals surface area contributed by atoms with Crippen LogP contribution in [0.2, 0.25) is 0 Å². The van der Waals surface area contributed by atoms with Gasteiger partial charge >= 0.3 is 0 Å². The van der Waals surface area contributed by atoms with E-state index in [4.69, 9.17) is 10.5 Å². The molecule has 0 bridgehead atoms. The van der Waals surface area contributed by atoms with Crippen LogP contribution in [0.25, 0.3) is 0 Å². The smallest absolute Gasteiger partial charge is 0.223 e. The summed E-state index contributed by atoms with van der Waals surface area (Å²) in [5.41, 5.74) is 6.59. The van der Waals surface area contributed by atoms with Gasteiger partial charge in [-0.2, -0.15) is 0 Å². The molecule has 132 valence electrons. The van der Waals surface area contributed by atoms with E-state index in [0.717, 1.165) is 50.1 Å². The molecular weight excluding hydrogens is 312 g/mol. The van der Waals surface area contributed by atoms with E-state index in [1.165, 1.54) is 0 Å². The highest BCUT2D eigenvalue weighted by Crippen LogP contribution is 2.24. The fourth-order valence-corrected chi connectivity index (χ4v) is 2.67. The van der Waals surface area contributed by atoms with Gasteiger partial charge in [-0.1, -0.05) is 25.0 Å². The van der Waals surface area contributed by atoms with Gasteiger partial charge in [-0.3, -0.25) is 4.79 Å². The lowest BCUT2D eigenvalue weighted by Crippen LogP contribution is -2.33. The molecule has 1 unspecified atom stereocenters. The van der Waals surface area contributed by atoms with Gasteiger partial charge in [0.1, 0.15) is 5.75 Å². The third kappa shape index (κ3) is 7.23. The molecule has 0 aliphatic heterocycles. The first-order valence-electron chi connectivity index (χ1n) is 8.27. The molecule has 2 N–H and O–H groups in total. The molecule has 1 atom stereocenters. The number of unbranched alkanes of at least 4 members (excludes halogenated alkanes) is 3. The summed E-state index contributed by atoms with van der Waals surface area (Å²) in [6.45, 7) is 5.56. The first-order chi connectivity index (χ1) is 10.6. The van der Waals surface area contributed by atoms with Gasteiger partial charge < -0.3 is 15.4 Å². The van der Waals surface area contributed by atoms with Gasteiger partial charge in [0.25, 0.3) is 0 Å². The van der Waals surface area contributed by atoms with Crippen molar-refractivity contribution >= 4 is 18.3 Å². The molecule has 0 aliphatic rings. The summed E-state index contributed by atoms with van der Waals surface area (Å²) in [6.07, 6.45) is 4.80. The molecule has 23 heavy (non-hydrogen) atoms. The average molecular weight is 343 g/mol. The average Bonchev–Trinajstić information content (AvgIpc) is 2.55. The Kier molecular flexibility index (Phi) is 11.5. The van der Waals surface area contributed by atoms with E-state index in [0.29, 0.717) is 6.42 Å². The van der Waals surface area contributed by atoms with Gasteiger partial charge in [0.05, 0.1) is 13.2 Å². The molecule has 0 aliphatic carbocycles. The van der Waals surface area contributed by atoms with E-state index in [-0.39, 0.29) is 24.4 Å². The van der Waals surface area contributed by atoms with Crippen molar-refractivity contribution in [1.82, 2.24) is 4.90 Å². The molecule has 5 heteroatoms. The van der Waals surface area contributed by atoms with Gasteiger partial charge in [-0.05, 0) is 50.9 Å². The van der Waals surface area contributed by atoms with Crippen molar-refractivity contribution in [2.24, 2.45) is 5.73 Å². The van der Waals surface area contributed by atoms with E-state index in [1.807, 2.05) is 36.1 Å². The first kappa shape index (κ1) is 21.7. The normalized spacial score (nSPS) is 11.5. The Morgan fingerprint density at radius 2 is 1.96 bits per heavy atom. The number of ether oxygens (including phenoxy) is 1. The lowest BCUT2D eigenvalue weighted by molar-refractivity contribution is -0.133. The van der Waals surface area contributed by atoms with Crippen molar-refractivity contribution in [3.05, 3.63) is 29.8 Å². The molecular formula is C18H31ClN2O2. The Morgan fingerprint density at radius 1 is 1.26 bits per heavy atom. The van der Waals surface area contributed by atoms with Crippen LogP contribution in [0.4, 0.5) is 0 Å². The lowest BCUT2D eigenvalue weighted by Gasteiger charge is -2.29. The van der Waals surface area contributed by atoms with E-state index in [1.54, 1.807) is 7.11 Å². The number of carbonyl (C=O) groups excluding carboxylic acids is 1. The van der Waals surface area contributed by atoms with E-state index < -0.39 is 0 Å². The molecule has 1 aromatic rings. The monoisotopic (exact) mass is 342 g/mol. The second-order valence-electron chi connectivity index (χ2n) is 5.59. The Balaban J connectivity index is 0.00000484. The molecule has 0 aromatic heterocycles. The maximum absolute atomic E-state index is 12.4. The highest BCUT2D eigenvalue weighted by Gasteiger charge is 2.19. The van der Waals surface area contributed by atoms with Crippen LogP contribution in [0.3, 0.4) is 0 Å². The predicted octanol–water partition coefficient (Wildman–Crippen LogP) is 3.94. The maximum atomic E-state index is 12.4. The topological polar surface area (TPSA) is 55.6 Å². The quantitative estimate of drug-likeness (QED) is 0.655. The van der Waals surface area contributed by atoms with Crippen molar-refractivity contribution in [3.8, 4) is 5.75 Å². The highest BCUT2D eigenvalue weighted by atomic mass is 35.5. The van der Waals surface area contributed by atoms with Crippen LogP contribution in [-0.2, 0) is 4.79 Å². The summed E-state index contributed by atoms with van der Waals surface area (Å²) in [5.74, 6) is 1.06. The minimum Gasteiger partial charge on any atom is -0.497 e. The fourth-order valence-electron chi connectivity index (χ4n) is 2.67.